The third kappa shape index (κ3) is 13.1. The number of hydrogen-bond acceptors (Lipinski definition) is 7. The molecule has 41 heavy (non-hydrogen) atoms. The number of rotatable bonds is 16. The summed E-state index contributed by atoms with van der Waals surface area (Å²) in [5.74, 6) is -2.39. The highest BCUT2D eigenvalue weighted by molar-refractivity contribution is 5.94. The van der Waals surface area contributed by atoms with Gasteiger partial charge in [0, 0.05) is 13.1 Å². The summed E-state index contributed by atoms with van der Waals surface area (Å²) in [6.07, 6.45) is 1.90. The number of carbonyl (C=O) groups excluding carboxylic acids is 5. The third-order valence-electron chi connectivity index (χ3n) is 6.15. The number of nitrogens with one attached hydrogen (secondary N) is 2. The largest absolute Gasteiger partial charge is 0.466 e. The van der Waals surface area contributed by atoms with Crippen LogP contribution < -0.4 is 16.4 Å². The first-order valence-electron chi connectivity index (χ1n) is 14.3. The van der Waals surface area contributed by atoms with Gasteiger partial charge in [-0.2, -0.15) is 0 Å². The number of nitrogens with two attached hydrogens (primary N) is 1. The normalized spacial score (nSPS) is 12.6. The molecule has 1 aromatic carbocycles. The Bertz CT molecular complexity index is 1050. The van der Waals surface area contributed by atoms with Gasteiger partial charge in [0.1, 0.15) is 17.7 Å². The number of hydrogen-bond donors (Lipinski definition) is 3. The molecular weight excluding hydrogens is 528 g/mol. The molecule has 0 saturated heterocycles. The Morgan fingerprint density at radius 2 is 1.71 bits per heavy atom. The second kappa shape index (κ2) is 17.2. The Labute approximate surface area is 243 Å². The van der Waals surface area contributed by atoms with E-state index in [2.05, 4.69) is 17.6 Å². The van der Waals surface area contributed by atoms with E-state index >= 15 is 0 Å². The van der Waals surface area contributed by atoms with Crippen molar-refractivity contribution in [1.82, 2.24) is 15.5 Å². The number of esters is 1. The van der Waals surface area contributed by atoms with Crippen LogP contribution in [0.15, 0.2) is 18.2 Å². The predicted octanol–water partition coefficient (Wildman–Crippen LogP) is 3.59. The van der Waals surface area contributed by atoms with Gasteiger partial charge in [0.15, 0.2) is 0 Å². The Balaban J connectivity index is 3.53. The summed E-state index contributed by atoms with van der Waals surface area (Å²) in [5.41, 5.74) is 6.87. The van der Waals surface area contributed by atoms with Crippen molar-refractivity contribution in [2.45, 2.75) is 105 Å². The van der Waals surface area contributed by atoms with Crippen LogP contribution in [0.2, 0.25) is 0 Å². The number of nitrogens with zero attached hydrogens (tertiary/aromatic N) is 1. The van der Waals surface area contributed by atoms with Crippen LogP contribution in [0.25, 0.3) is 0 Å². The molecule has 0 aliphatic heterocycles. The molecule has 0 heterocycles. The van der Waals surface area contributed by atoms with Crippen molar-refractivity contribution in [2.24, 2.45) is 5.73 Å². The van der Waals surface area contributed by atoms with Gasteiger partial charge in [-0.05, 0) is 59.1 Å². The average Bonchev–Trinajstić information content (AvgIpc) is 2.85. The number of unbranched alkanes of at least 4 members (excludes halogenated alkanes) is 3. The molecule has 0 saturated carbocycles. The molecule has 0 fully saturated rings. The van der Waals surface area contributed by atoms with Gasteiger partial charge < -0.3 is 30.7 Å². The van der Waals surface area contributed by atoms with Crippen LogP contribution in [-0.4, -0.2) is 66.0 Å². The zero-order chi connectivity index (χ0) is 31.2. The maximum atomic E-state index is 14.1. The average molecular weight is 577 g/mol. The fourth-order valence-corrected chi connectivity index (χ4v) is 4.25. The van der Waals surface area contributed by atoms with Crippen LogP contribution in [0, 0.1) is 13.8 Å². The summed E-state index contributed by atoms with van der Waals surface area (Å²) < 4.78 is 10.3. The van der Waals surface area contributed by atoms with Crippen LogP contribution >= 0.6 is 0 Å². The second-order valence-electron chi connectivity index (χ2n) is 11.1. The molecule has 1 aromatic rings. The fourth-order valence-electron chi connectivity index (χ4n) is 4.25. The minimum Gasteiger partial charge on any atom is -0.466 e. The Kier molecular flexibility index (Phi) is 14.9. The molecule has 1 rings (SSSR count). The number of primary amides is 1. The summed E-state index contributed by atoms with van der Waals surface area (Å²) >= 11 is 0. The number of alkyl carbamates (subject to hydrolysis) is 1. The number of aryl methyl sites for hydroxylation is 2. The van der Waals surface area contributed by atoms with Crippen molar-refractivity contribution in [3.8, 4) is 0 Å². The van der Waals surface area contributed by atoms with Crippen LogP contribution in [0.5, 0.6) is 0 Å². The van der Waals surface area contributed by atoms with E-state index in [4.69, 9.17) is 15.2 Å². The maximum absolute atomic E-state index is 14.1. The van der Waals surface area contributed by atoms with Crippen LogP contribution in [-0.2, 0) is 28.7 Å². The molecule has 0 aromatic heterocycles. The smallest absolute Gasteiger partial charge is 0.408 e. The molecule has 2 unspecified atom stereocenters. The Morgan fingerprint density at radius 1 is 1.02 bits per heavy atom. The van der Waals surface area contributed by atoms with E-state index in [1.54, 1.807) is 27.7 Å². The van der Waals surface area contributed by atoms with Crippen molar-refractivity contribution < 1.29 is 33.4 Å². The molecule has 11 nitrogen and oxygen atoms in total. The number of ether oxygens (including phenoxy) is 2. The number of amides is 4. The van der Waals surface area contributed by atoms with Gasteiger partial charge in [-0.15, -0.1) is 0 Å². The highest BCUT2D eigenvalue weighted by atomic mass is 16.6. The van der Waals surface area contributed by atoms with E-state index < -0.39 is 53.9 Å². The van der Waals surface area contributed by atoms with Gasteiger partial charge >= 0.3 is 12.1 Å². The standard InChI is InChI=1S/C30H48N4O7/c1-8-10-11-12-17-34(28(38)23(19-24(31)35)33-29(39)41-30(5,6)7)26(22-18-20(3)13-14-21(22)4)27(37)32-16-15-25(36)40-9-2/h13-14,18,23,26H,8-12,15-17,19H2,1-7H3,(H2,31,35)(H,32,37)(H,33,39). The quantitative estimate of drug-likeness (QED) is 0.200. The third-order valence-corrected chi connectivity index (χ3v) is 6.15. The first kappa shape index (κ1) is 35.4. The molecule has 4 amide bonds. The molecule has 11 heteroatoms. The number of benzene rings is 1. The lowest BCUT2D eigenvalue weighted by Crippen LogP contribution is -2.54. The molecule has 0 radical (unpaired) electrons. The van der Waals surface area contributed by atoms with Crippen LogP contribution in [0.4, 0.5) is 4.79 Å². The van der Waals surface area contributed by atoms with Crippen molar-refractivity contribution in [3.05, 3.63) is 34.9 Å². The summed E-state index contributed by atoms with van der Waals surface area (Å²) in [4.78, 5) is 65.8. The first-order chi connectivity index (χ1) is 19.2. The summed E-state index contributed by atoms with van der Waals surface area (Å²) in [6.45, 7) is 12.9. The van der Waals surface area contributed by atoms with Crippen molar-refractivity contribution in [1.29, 1.82) is 0 Å². The predicted molar refractivity (Wildman–Crippen MR) is 156 cm³/mol. The Hall–Kier alpha value is -3.63. The monoisotopic (exact) mass is 576 g/mol. The molecule has 0 spiro atoms. The summed E-state index contributed by atoms with van der Waals surface area (Å²) in [6, 6.07) is 3.16. The van der Waals surface area contributed by atoms with Gasteiger partial charge in [0.25, 0.3) is 0 Å². The van der Waals surface area contributed by atoms with Crippen molar-refractivity contribution in [2.75, 3.05) is 19.7 Å². The minimum atomic E-state index is -1.35. The van der Waals surface area contributed by atoms with Gasteiger partial charge in [-0.25, -0.2) is 4.79 Å². The van der Waals surface area contributed by atoms with E-state index in [1.165, 1.54) is 4.90 Å². The highest BCUT2D eigenvalue weighted by Crippen LogP contribution is 2.28. The van der Waals surface area contributed by atoms with Crippen molar-refractivity contribution in [3.63, 3.8) is 0 Å². The SMILES string of the molecule is CCCCCCN(C(=O)C(CC(N)=O)NC(=O)OC(C)(C)C)C(C(=O)NCCC(=O)OCC)c1cc(C)ccc1C. The van der Waals surface area contributed by atoms with Gasteiger partial charge in [0.05, 0.1) is 19.4 Å². The summed E-state index contributed by atoms with van der Waals surface area (Å²) in [5, 5.41) is 5.25. The summed E-state index contributed by atoms with van der Waals surface area (Å²) in [7, 11) is 0. The second-order valence-corrected chi connectivity index (χ2v) is 11.1. The van der Waals surface area contributed by atoms with E-state index in [-0.39, 0.29) is 26.1 Å². The molecule has 2 atom stereocenters. The maximum Gasteiger partial charge on any atom is 0.408 e. The molecular formula is C30H48N4O7. The van der Waals surface area contributed by atoms with Gasteiger partial charge in [0.2, 0.25) is 17.7 Å². The minimum absolute atomic E-state index is 0.0117. The zero-order valence-electron chi connectivity index (χ0n) is 25.6. The van der Waals surface area contributed by atoms with E-state index in [0.717, 1.165) is 30.4 Å². The van der Waals surface area contributed by atoms with Gasteiger partial charge in [-0.3, -0.25) is 19.2 Å². The first-order valence-corrected chi connectivity index (χ1v) is 14.3. The topological polar surface area (TPSA) is 157 Å². The van der Waals surface area contributed by atoms with Crippen LogP contribution in [0.3, 0.4) is 0 Å². The molecule has 4 N–H and O–H groups in total. The lowest BCUT2D eigenvalue weighted by Gasteiger charge is -2.35. The molecule has 0 aliphatic rings. The van der Waals surface area contributed by atoms with Crippen molar-refractivity contribution >= 4 is 29.8 Å². The van der Waals surface area contributed by atoms with Gasteiger partial charge in [-0.1, -0.05) is 49.9 Å². The molecule has 0 bridgehead atoms. The van der Waals surface area contributed by atoms with E-state index in [0.29, 0.717) is 12.0 Å². The fraction of sp³-hybridized carbons (Fsp3) is 0.633. The lowest BCUT2D eigenvalue weighted by atomic mass is 9.95. The zero-order valence-corrected chi connectivity index (χ0v) is 25.6. The highest BCUT2D eigenvalue weighted by Gasteiger charge is 2.37. The number of carbonyl (C=O) groups is 5. The van der Waals surface area contributed by atoms with E-state index in [9.17, 15) is 24.0 Å². The molecule has 0 aliphatic carbocycles. The van der Waals surface area contributed by atoms with E-state index in [1.807, 2.05) is 32.0 Å². The molecule has 230 valence electrons. The Morgan fingerprint density at radius 3 is 2.29 bits per heavy atom. The van der Waals surface area contributed by atoms with Crippen LogP contribution in [0.1, 0.15) is 95.9 Å². The lowest BCUT2D eigenvalue weighted by molar-refractivity contribution is -0.144.